The highest BCUT2D eigenvalue weighted by molar-refractivity contribution is 5.50. The van der Waals surface area contributed by atoms with Gasteiger partial charge in [-0.05, 0) is 12.3 Å². The van der Waals surface area contributed by atoms with Crippen LogP contribution in [0.3, 0.4) is 0 Å². The molecule has 0 N–H and O–H groups in total. The molecule has 20 heavy (non-hydrogen) atoms. The summed E-state index contributed by atoms with van der Waals surface area (Å²) in [5.41, 5.74) is 0. The van der Waals surface area contributed by atoms with Crippen molar-refractivity contribution in [3.63, 3.8) is 0 Å². The molecule has 0 spiro atoms. The zero-order valence-corrected chi connectivity index (χ0v) is 14.1. The third-order valence-electron chi connectivity index (χ3n) is 4.28. The molecule has 1 nitrogen and oxygen atoms in total. The summed E-state index contributed by atoms with van der Waals surface area (Å²) in [5, 5.41) is 0. The van der Waals surface area contributed by atoms with E-state index in [1.807, 2.05) is 6.29 Å². The zero-order chi connectivity index (χ0) is 14.9. The third-order valence-corrected chi connectivity index (χ3v) is 4.28. The first-order valence-electron chi connectivity index (χ1n) is 9.16. The van der Waals surface area contributed by atoms with Gasteiger partial charge in [0.2, 0.25) is 0 Å². The second-order valence-electron chi connectivity index (χ2n) is 6.47. The predicted octanol–water partition coefficient (Wildman–Crippen LogP) is 6.60. The van der Waals surface area contributed by atoms with Crippen molar-refractivity contribution in [2.45, 2.75) is 110 Å². The summed E-state index contributed by atoms with van der Waals surface area (Å²) in [6.45, 7) is 4.70. The Morgan fingerprint density at radius 3 is 1.65 bits per heavy atom. The van der Waals surface area contributed by atoms with Gasteiger partial charge in [-0.25, -0.2) is 0 Å². The molecular formula is C19H37O. The molecule has 0 saturated heterocycles. The zero-order valence-electron chi connectivity index (χ0n) is 14.1. The van der Waals surface area contributed by atoms with E-state index in [1.54, 1.807) is 0 Å². The first kappa shape index (κ1) is 19.7. The summed E-state index contributed by atoms with van der Waals surface area (Å²) in [4.78, 5) is 10.0. The Kier molecular flexibility index (Phi) is 16.4. The van der Waals surface area contributed by atoms with E-state index >= 15 is 0 Å². The van der Waals surface area contributed by atoms with Gasteiger partial charge in [-0.15, -0.1) is 0 Å². The summed E-state index contributed by atoms with van der Waals surface area (Å²) in [6, 6.07) is 0. The van der Waals surface area contributed by atoms with Crippen LogP contribution in [0.4, 0.5) is 0 Å². The van der Waals surface area contributed by atoms with Gasteiger partial charge in [0.25, 0.3) is 0 Å². The average molecular weight is 282 g/mol. The fourth-order valence-electron chi connectivity index (χ4n) is 2.81. The Hall–Kier alpha value is -0.330. The summed E-state index contributed by atoms with van der Waals surface area (Å²) in [6.07, 6.45) is 21.7. The van der Waals surface area contributed by atoms with E-state index in [4.69, 9.17) is 0 Å². The van der Waals surface area contributed by atoms with Crippen LogP contribution in [-0.4, -0.2) is 6.29 Å². The van der Waals surface area contributed by atoms with Crippen LogP contribution in [0.15, 0.2) is 0 Å². The van der Waals surface area contributed by atoms with Crippen molar-refractivity contribution in [1.29, 1.82) is 0 Å². The van der Waals surface area contributed by atoms with Crippen molar-refractivity contribution in [3.8, 4) is 0 Å². The lowest BCUT2D eigenvalue weighted by atomic mass is 9.96. The Labute approximate surface area is 127 Å². The average Bonchev–Trinajstić information content (AvgIpc) is 2.45. The fraction of sp³-hybridized carbons (Fsp3) is 0.947. The van der Waals surface area contributed by atoms with Crippen molar-refractivity contribution in [2.24, 2.45) is 5.92 Å². The van der Waals surface area contributed by atoms with Crippen LogP contribution < -0.4 is 0 Å². The highest BCUT2D eigenvalue weighted by atomic mass is 16.1. The minimum Gasteiger partial charge on any atom is -0.291 e. The molecule has 0 aromatic rings. The summed E-state index contributed by atoms with van der Waals surface area (Å²) in [5.74, 6) is 0.922. The maximum Gasteiger partial charge on any atom is 0.198 e. The second-order valence-corrected chi connectivity index (χ2v) is 6.47. The number of hydrogen-bond acceptors (Lipinski definition) is 1. The molecule has 0 saturated carbocycles. The molecule has 0 aromatic carbocycles. The van der Waals surface area contributed by atoms with Crippen LogP contribution >= 0.6 is 0 Å². The molecule has 0 amide bonds. The molecule has 0 bridgehead atoms. The van der Waals surface area contributed by atoms with Gasteiger partial charge >= 0.3 is 0 Å². The van der Waals surface area contributed by atoms with Gasteiger partial charge in [0.15, 0.2) is 6.29 Å². The monoisotopic (exact) mass is 281 g/mol. The maximum atomic E-state index is 10.0. The van der Waals surface area contributed by atoms with Crippen molar-refractivity contribution >= 4 is 6.29 Å². The van der Waals surface area contributed by atoms with Crippen molar-refractivity contribution in [3.05, 3.63) is 0 Å². The Balaban J connectivity index is 3.12. The van der Waals surface area contributed by atoms with E-state index in [1.165, 1.54) is 83.5 Å². The van der Waals surface area contributed by atoms with Gasteiger partial charge in [0.05, 0.1) is 0 Å². The topological polar surface area (TPSA) is 17.1 Å². The summed E-state index contributed by atoms with van der Waals surface area (Å²) < 4.78 is 0. The molecule has 1 unspecified atom stereocenters. The molecule has 0 heterocycles. The Morgan fingerprint density at radius 1 is 0.700 bits per heavy atom. The highest BCUT2D eigenvalue weighted by Crippen LogP contribution is 2.18. The van der Waals surface area contributed by atoms with Crippen LogP contribution in [0, 0.1) is 5.92 Å². The van der Waals surface area contributed by atoms with E-state index in [9.17, 15) is 4.79 Å². The molecule has 0 aliphatic heterocycles. The quantitative estimate of drug-likeness (QED) is 0.291. The standard InChI is InChI=1S/C19H37O/c1-3-4-5-6-10-13-16-19(2)17-14-11-8-7-9-12-15-18-20/h19H,3-17H2,1-2H3. The fourth-order valence-corrected chi connectivity index (χ4v) is 2.81. The lowest BCUT2D eigenvalue weighted by Gasteiger charge is -2.11. The van der Waals surface area contributed by atoms with Crippen LogP contribution in [0.25, 0.3) is 0 Å². The molecule has 1 heteroatoms. The minimum atomic E-state index is 0.634. The smallest absolute Gasteiger partial charge is 0.198 e. The molecule has 1 atom stereocenters. The second kappa shape index (κ2) is 16.7. The third kappa shape index (κ3) is 15.7. The summed E-state index contributed by atoms with van der Waals surface area (Å²) in [7, 11) is 0. The SMILES string of the molecule is CCCCCCCCC(C)CCCCCCCC[C]=O. The molecule has 0 aliphatic carbocycles. The van der Waals surface area contributed by atoms with Gasteiger partial charge in [-0.1, -0.05) is 97.3 Å². The van der Waals surface area contributed by atoms with Crippen LogP contribution in [0.2, 0.25) is 0 Å². The molecule has 0 aliphatic rings. The lowest BCUT2D eigenvalue weighted by molar-refractivity contribution is 0.431. The van der Waals surface area contributed by atoms with E-state index in [0.717, 1.165) is 12.3 Å². The first-order valence-corrected chi connectivity index (χ1v) is 9.16. The predicted molar refractivity (Wildman–Crippen MR) is 89.8 cm³/mol. The molecule has 119 valence electrons. The molecule has 0 fully saturated rings. The highest BCUT2D eigenvalue weighted by Gasteiger charge is 2.02. The number of hydrogen-bond donors (Lipinski definition) is 0. The van der Waals surface area contributed by atoms with Crippen molar-refractivity contribution in [1.82, 2.24) is 0 Å². The van der Waals surface area contributed by atoms with Crippen molar-refractivity contribution < 1.29 is 4.79 Å². The van der Waals surface area contributed by atoms with Gasteiger partial charge in [-0.2, -0.15) is 0 Å². The van der Waals surface area contributed by atoms with E-state index in [2.05, 4.69) is 13.8 Å². The molecule has 0 aromatic heterocycles. The number of unbranched alkanes of at least 4 members (excludes halogenated alkanes) is 11. The lowest BCUT2D eigenvalue weighted by Crippen LogP contribution is -1.95. The summed E-state index contributed by atoms with van der Waals surface area (Å²) >= 11 is 0. The maximum absolute atomic E-state index is 10.0. The molecule has 0 rings (SSSR count). The normalized spacial score (nSPS) is 12.5. The number of carbonyl (C=O) groups excluding carboxylic acids is 1. The molecular weight excluding hydrogens is 244 g/mol. The van der Waals surface area contributed by atoms with Gasteiger partial charge in [0.1, 0.15) is 0 Å². The van der Waals surface area contributed by atoms with Gasteiger partial charge < -0.3 is 0 Å². The Bertz CT molecular complexity index is 188. The van der Waals surface area contributed by atoms with Crippen molar-refractivity contribution in [2.75, 3.05) is 0 Å². The van der Waals surface area contributed by atoms with E-state index in [0.29, 0.717) is 6.42 Å². The molecule has 1 radical (unpaired) electrons. The van der Waals surface area contributed by atoms with Gasteiger partial charge in [0, 0.05) is 6.42 Å². The van der Waals surface area contributed by atoms with E-state index < -0.39 is 0 Å². The van der Waals surface area contributed by atoms with E-state index in [-0.39, 0.29) is 0 Å². The van der Waals surface area contributed by atoms with Crippen LogP contribution in [0.5, 0.6) is 0 Å². The van der Waals surface area contributed by atoms with Crippen LogP contribution in [-0.2, 0) is 4.79 Å². The minimum absolute atomic E-state index is 0.634. The largest absolute Gasteiger partial charge is 0.291 e. The Morgan fingerprint density at radius 2 is 1.15 bits per heavy atom. The first-order chi connectivity index (χ1) is 9.81. The van der Waals surface area contributed by atoms with Crippen LogP contribution in [0.1, 0.15) is 110 Å². The van der Waals surface area contributed by atoms with Gasteiger partial charge in [-0.3, -0.25) is 4.79 Å². The number of rotatable bonds is 16.